The molecule has 4 atom stereocenters. The number of ether oxygens (including phenoxy) is 1. The van der Waals surface area contributed by atoms with Crippen molar-refractivity contribution in [1.82, 2.24) is 0 Å². The topological polar surface area (TPSA) is 69.9 Å². The van der Waals surface area contributed by atoms with Crippen LogP contribution in [0.2, 0.25) is 0 Å². The summed E-state index contributed by atoms with van der Waals surface area (Å²) < 4.78 is 4.93. The Morgan fingerprint density at radius 1 is 1.45 bits per heavy atom. The van der Waals surface area contributed by atoms with Gasteiger partial charge >= 0.3 is 0 Å². The van der Waals surface area contributed by atoms with E-state index in [-0.39, 0.29) is 13.2 Å². The Labute approximate surface area is 69.4 Å². The maximum absolute atomic E-state index is 9.17. The molecule has 1 fully saturated rings. The fourth-order valence-corrected chi connectivity index (χ4v) is 1.32. The Morgan fingerprint density at radius 3 is 2.64 bits per heavy atom. The van der Waals surface area contributed by atoms with Crippen LogP contribution in [0.15, 0.2) is 0 Å². The molecule has 0 aliphatic carbocycles. The lowest BCUT2D eigenvalue weighted by molar-refractivity contribution is -0.127. The molecule has 0 aromatic carbocycles. The number of aliphatic hydroxyl groups excluding tert-OH is 3. The van der Waals surface area contributed by atoms with Gasteiger partial charge < -0.3 is 20.1 Å². The van der Waals surface area contributed by atoms with Crippen LogP contribution in [0.4, 0.5) is 0 Å². The molecule has 66 valence electrons. The molecule has 0 saturated carbocycles. The number of hydrogen-bond donors (Lipinski definition) is 3. The van der Waals surface area contributed by atoms with Gasteiger partial charge in [0.25, 0.3) is 0 Å². The second kappa shape index (κ2) is 3.69. The van der Waals surface area contributed by atoms with Crippen LogP contribution in [-0.2, 0) is 4.74 Å². The first-order valence-electron chi connectivity index (χ1n) is 3.39. The summed E-state index contributed by atoms with van der Waals surface area (Å²) in [5.41, 5.74) is 0. The van der Waals surface area contributed by atoms with Crippen molar-refractivity contribution in [2.45, 2.75) is 23.7 Å². The standard InChI is InChI=1S/C6H11ClO4/c7-5-4(1-8)11-2-3(9)6(5)10/h3-6,8-10H,1-2H2/t3-,4+,5-,6+/m0/s1. The van der Waals surface area contributed by atoms with Gasteiger partial charge in [-0.2, -0.15) is 0 Å². The van der Waals surface area contributed by atoms with Crippen LogP contribution in [0.25, 0.3) is 0 Å². The summed E-state index contributed by atoms with van der Waals surface area (Å²) in [6, 6.07) is 0. The monoisotopic (exact) mass is 182 g/mol. The maximum atomic E-state index is 9.17. The van der Waals surface area contributed by atoms with Crippen LogP contribution in [0.1, 0.15) is 0 Å². The molecule has 1 aliphatic rings. The second-order valence-corrected chi connectivity index (χ2v) is 3.06. The van der Waals surface area contributed by atoms with Gasteiger partial charge in [-0.15, -0.1) is 11.6 Å². The number of rotatable bonds is 1. The molecule has 1 saturated heterocycles. The lowest BCUT2D eigenvalue weighted by atomic mass is 10.0. The first kappa shape index (κ1) is 9.22. The SMILES string of the molecule is OC[C@H]1OC[C@H](O)[C@@H](O)[C@H]1Cl. The molecule has 5 heteroatoms. The largest absolute Gasteiger partial charge is 0.394 e. The Hall–Kier alpha value is 0.130. The van der Waals surface area contributed by atoms with Crippen molar-refractivity contribution in [3.05, 3.63) is 0 Å². The molecule has 1 rings (SSSR count). The van der Waals surface area contributed by atoms with Crippen molar-refractivity contribution >= 4 is 11.6 Å². The molecular formula is C6H11ClO4. The molecule has 0 bridgehead atoms. The van der Waals surface area contributed by atoms with Crippen molar-refractivity contribution in [3.8, 4) is 0 Å². The van der Waals surface area contributed by atoms with Gasteiger partial charge in [0.1, 0.15) is 12.2 Å². The zero-order valence-corrected chi connectivity index (χ0v) is 6.61. The summed E-state index contributed by atoms with van der Waals surface area (Å²) >= 11 is 5.63. The van der Waals surface area contributed by atoms with Crippen LogP contribution in [0, 0.1) is 0 Å². The molecule has 4 nitrogen and oxygen atoms in total. The van der Waals surface area contributed by atoms with E-state index in [9.17, 15) is 5.11 Å². The zero-order valence-electron chi connectivity index (χ0n) is 5.85. The summed E-state index contributed by atoms with van der Waals surface area (Å²) in [6.45, 7) is -0.215. The minimum absolute atomic E-state index is 0.0234. The molecule has 0 unspecified atom stereocenters. The van der Waals surface area contributed by atoms with Gasteiger partial charge in [-0.05, 0) is 0 Å². The van der Waals surface area contributed by atoms with Gasteiger partial charge in [0.15, 0.2) is 0 Å². The summed E-state index contributed by atoms with van der Waals surface area (Å²) in [7, 11) is 0. The average molecular weight is 183 g/mol. The summed E-state index contributed by atoms with van der Waals surface area (Å²) in [6.07, 6.45) is -2.53. The zero-order chi connectivity index (χ0) is 8.43. The van der Waals surface area contributed by atoms with Crippen LogP contribution in [0.5, 0.6) is 0 Å². The predicted octanol–water partition coefficient (Wildman–Crippen LogP) is -1.29. The van der Waals surface area contributed by atoms with E-state index in [1.54, 1.807) is 0 Å². The Bertz CT molecular complexity index is 130. The lowest BCUT2D eigenvalue weighted by Gasteiger charge is -2.33. The minimum Gasteiger partial charge on any atom is -0.394 e. The van der Waals surface area contributed by atoms with E-state index < -0.39 is 23.7 Å². The van der Waals surface area contributed by atoms with E-state index in [0.717, 1.165) is 0 Å². The van der Waals surface area contributed by atoms with Crippen LogP contribution in [0.3, 0.4) is 0 Å². The van der Waals surface area contributed by atoms with Crippen molar-refractivity contribution < 1.29 is 20.1 Å². The van der Waals surface area contributed by atoms with Gasteiger partial charge in [-0.1, -0.05) is 0 Å². The van der Waals surface area contributed by atoms with Gasteiger partial charge in [0, 0.05) is 0 Å². The number of alkyl halides is 1. The summed E-state index contributed by atoms with van der Waals surface area (Å²) in [5, 5.41) is 26.1. The Morgan fingerprint density at radius 2 is 2.09 bits per heavy atom. The van der Waals surface area contributed by atoms with Gasteiger partial charge in [0.2, 0.25) is 0 Å². The van der Waals surface area contributed by atoms with Gasteiger partial charge in [-0.3, -0.25) is 0 Å². The maximum Gasteiger partial charge on any atom is 0.105 e. The lowest BCUT2D eigenvalue weighted by Crippen LogP contribution is -2.51. The fourth-order valence-electron chi connectivity index (χ4n) is 0.998. The average Bonchev–Trinajstić information content (AvgIpc) is 2.01. The second-order valence-electron chi connectivity index (χ2n) is 2.56. The van der Waals surface area contributed by atoms with Crippen molar-refractivity contribution in [3.63, 3.8) is 0 Å². The first-order chi connectivity index (χ1) is 5.16. The highest BCUT2D eigenvalue weighted by Crippen LogP contribution is 2.19. The Kier molecular flexibility index (Phi) is 3.09. The molecule has 0 aromatic heterocycles. The third-order valence-electron chi connectivity index (χ3n) is 1.74. The highest BCUT2D eigenvalue weighted by atomic mass is 35.5. The van der Waals surface area contributed by atoms with Crippen LogP contribution >= 0.6 is 11.6 Å². The molecule has 1 aliphatic heterocycles. The third-order valence-corrected chi connectivity index (χ3v) is 2.28. The highest BCUT2D eigenvalue weighted by Gasteiger charge is 2.36. The molecular weight excluding hydrogens is 172 g/mol. The van der Waals surface area contributed by atoms with E-state index in [4.69, 9.17) is 26.6 Å². The van der Waals surface area contributed by atoms with Crippen LogP contribution < -0.4 is 0 Å². The smallest absolute Gasteiger partial charge is 0.105 e. The van der Waals surface area contributed by atoms with Crippen molar-refractivity contribution in [2.24, 2.45) is 0 Å². The first-order valence-corrected chi connectivity index (χ1v) is 3.83. The summed E-state index contributed by atoms with van der Waals surface area (Å²) in [5.74, 6) is 0. The fraction of sp³-hybridized carbons (Fsp3) is 1.00. The van der Waals surface area contributed by atoms with Gasteiger partial charge in [0.05, 0.1) is 24.7 Å². The molecule has 11 heavy (non-hydrogen) atoms. The summed E-state index contributed by atoms with van der Waals surface area (Å²) in [4.78, 5) is 0. The molecule has 0 aromatic rings. The van der Waals surface area contributed by atoms with E-state index in [2.05, 4.69) is 0 Å². The van der Waals surface area contributed by atoms with E-state index >= 15 is 0 Å². The molecule has 1 heterocycles. The van der Waals surface area contributed by atoms with E-state index in [1.165, 1.54) is 0 Å². The normalized spacial score (nSPS) is 45.8. The van der Waals surface area contributed by atoms with Crippen molar-refractivity contribution in [2.75, 3.05) is 13.2 Å². The van der Waals surface area contributed by atoms with E-state index in [1.807, 2.05) is 0 Å². The minimum atomic E-state index is -1.01. The molecule has 0 amide bonds. The molecule has 0 radical (unpaired) electrons. The predicted molar refractivity (Wildman–Crippen MR) is 38.5 cm³/mol. The number of aliphatic hydroxyl groups is 3. The highest BCUT2D eigenvalue weighted by molar-refractivity contribution is 6.21. The van der Waals surface area contributed by atoms with Crippen LogP contribution in [-0.4, -0.2) is 52.2 Å². The van der Waals surface area contributed by atoms with Gasteiger partial charge in [-0.25, -0.2) is 0 Å². The quantitative estimate of drug-likeness (QED) is 0.442. The third kappa shape index (κ3) is 1.83. The Balaban J connectivity index is 2.52. The molecule has 3 N–H and O–H groups in total. The number of hydrogen-bond acceptors (Lipinski definition) is 4. The molecule has 0 spiro atoms. The number of halogens is 1. The van der Waals surface area contributed by atoms with E-state index in [0.29, 0.717) is 0 Å². The van der Waals surface area contributed by atoms with Crippen molar-refractivity contribution in [1.29, 1.82) is 0 Å².